The van der Waals surface area contributed by atoms with Gasteiger partial charge in [-0.2, -0.15) is 0 Å². The first kappa shape index (κ1) is 22.6. The predicted molar refractivity (Wildman–Crippen MR) is 167 cm³/mol. The molecule has 0 aliphatic heterocycles. The average Bonchev–Trinajstić information content (AvgIpc) is 3.41. The second-order valence-electron chi connectivity index (χ2n) is 10.0. The fraction of sp³-hybridized carbons (Fsp3) is 0. The lowest BCUT2D eigenvalue weighted by molar-refractivity contribution is 0.668. The highest BCUT2D eigenvalue weighted by molar-refractivity contribution is 6.10. The minimum Gasteiger partial charge on any atom is -0.452 e. The minimum absolute atomic E-state index is 0.773. The van der Waals surface area contributed by atoms with Gasteiger partial charge in [0, 0.05) is 23.0 Å². The van der Waals surface area contributed by atoms with Crippen molar-refractivity contribution in [2.75, 3.05) is 4.90 Å². The van der Waals surface area contributed by atoms with Crippen molar-refractivity contribution < 1.29 is 4.42 Å². The fourth-order valence-electron chi connectivity index (χ4n) is 5.77. The number of furan rings is 1. The van der Waals surface area contributed by atoms with Crippen molar-refractivity contribution in [3.8, 4) is 11.1 Å². The summed E-state index contributed by atoms with van der Waals surface area (Å²) in [4.78, 5) is 6.99. The van der Waals surface area contributed by atoms with E-state index in [1.807, 2.05) is 36.5 Å². The molecule has 8 aromatic rings. The quantitative estimate of drug-likeness (QED) is 0.220. The molecular formula is C37H24N2O. The maximum Gasteiger partial charge on any atom is 0.177 e. The molecule has 0 spiro atoms. The maximum atomic E-state index is 6.44. The highest BCUT2D eigenvalue weighted by atomic mass is 16.3. The molecule has 0 amide bonds. The van der Waals surface area contributed by atoms with Crippen LogP contribution in [-0.2, 0) is 0 Å². The Morgan fingerprint density at radius 3 is 2.05 bits per heavy atom. The highest BCUT2D eigenvalue weighted by Gasteiger charge is 2.20. The van der Waals surface area contributed by atoms with Gasteiger partial charge in [-0.15, -0.1) is 0 Å². The summed E-state index contributed by atoms with van der Waals surface area (Å²) in [6.45, 7) is 0. The first-order valence-corrected chi connectivity index (χ1v) is 13.5. The molecule has 0 saturated carbocycles. The molecule has 6 aromatic carbocycles. The molecule has 0 unspecified atom stereocenters. The Hall–Kier alpha value is -5.41. The largest absolute Gasteiger partial charge is 0.452 e. The van der Waals surface area contributed by atoms with E-state index in [-0.39, 0.29) is 0 Å². The first-order chi connectivity index (χ1) is 19.8. The summed E-state index contributed by atoms with van der Waals surface area (Å²) in [7, 11) is 0. The summed E-state index contributed by atoms with van der Waals surface area (Å²) >= 11 is 0. The molecule has 2 aromatic heterocycles. The Labute approximate surface area is 231 Å². The molecule has 0 atom stereocenters. The van der Waals surface area contributed by atoms with Crippen LogP contribution < -0.4 is 4.90 Å². The van der Waals surface area contributed by atoms with Gasteiger partial charge in [0.1, 0.15) is 11.1 Å². The lowest BCUT2D eigenvalue weighted by Gasteiger charge is -2.26. The molecule has 188 valence electrons. The number of hydrogen-bond acceptors (Lipinski definition) is 3. The van der Waals surface area contributed by atoms with Crippen molar-refractivity contribution in [2.45, 2.75) is 0 Å². The minimum atomic E-state index is 0.773. The zero-order valence-corrected chi connectivity index (χ0v) is 21.7. The van der Waals surface area contributed by atoms with Crippen LogP contribution in [0.1, 0.15) is 0 Å². The second kappa shape index (κ2) is 9.11. The summed E-state index contributed by atoms with van der Waals surface area (Å²) in [6.07, 6.45) is 1.87. The smallest absolute Gasteiger partial charge is 0.177 e. The van der Waals surface area contributed by atoms with E-state index in [1.165, 1.54) is 32.7 Å². The van der Waals surface area contributed by atoms with Crippen LogP contribution in [0.25, 0.3) is 54.7 Å². The van der Waals surface area contributed by atoms with Crippen LogP contribution in [0.4, 0.5) is 17.1 Å². The van der Waals surface area contributed by atoms with E-state index < -0.39 is 0 Å². The van der Waals surface area contributed by atoms with E-state index in [0.29, 0.717) is 0 Å². The van der Waals surface area contributed by atoms with Crippen LogP contribution in [0, 0.1) is 0 Å². The summed E-state index contributed by atoms with van der Waals surface area (Å²) in [5, 5.41) is 5.95. The number of aromatic nitrogens is 1. The number of rotatable bonds is 4. The van der Waals surface area contributed by atoms with E-state index in [9.17, 15) is 0 Å². The number of nitrogens with zero attached hydrogens (tertiary/aromatic N) is 2. The Kier molecular flexibility index (Phi) is 5.14. The molecule has 3 heteroatoms. The number of para-hydroxylation sites is 1. The SMILES string of the molecule is c1ccc(-c2ccc(N(c3ccc4c(ccc5ccccc54)c3)c3ccnc4c3oc3ccccc34)cc2)cc1. The zero-order chi connectivity index (χ0) is 26.5. The number of benzene rings is 6. The van der Waals surface area contributed by atoms with Crippen molar-refractivity contribution >= 4 is 60.7 Å². The van der Waals surface area contributed by atoms with E-state index in [4.69, 9.17) is 9.40 Å². The standard InChI is InChI=1S/C37H24N2O/c1-2-8-25(9-3-1)26-16-18-29(19-17-26)39(34-22-23-38-36-33-12-6-7-13-35(33)40-37(34)36)30-20-21-32-28(24-30)15-14-27-10-4-5-11-31(27)32/h1-24H. The van der Waals surface area contributed by atoms with Gasteiger partial charge in [0.2, 0.25) is 0 Å². The lowest BCUT2D eigenvalue weighted by atomic mass is 10.0. The molecule has 0 N–H and O–H groups in total. The lowest BCUT2D eigenvalue weighted by Crippen LogP contribution is -2.10. The third-order valence-corrected chi connectivity index (χ3v) is 7.70. The van der Waals surface area contributed by atoms with Crippen molar-refractivity contribution in [1.29, 1.82) is 0 Å². The van der Waals surface area contributed by atoms with Crippen molar-refractivity contribution in [3.05, 3.63) is 146 Å². The number of fused-ring (bicyclic) bond motifs is 6. The number of anilines is 3. The molecule has 40 heavy (non-hydrogen) atoms. The monoisotopic (exact) mass is 512 g/mol. The van der Waals surface area contributed by atoms with Crippen LogP contribution in [0.5, 0.6) is 0 Å². The Bertz CT molecular complexity index is 2160. The molecule has 0 saturated heterocycles. The zero-order valence-electron chi connectivity index (χ0n) is 21.7. The highest BCUT2D eigenvalue weighted by Crippen LogP contribution is 2.42. The molecule has 8 rings (SSSR count). The average molecular weight is 513 g/mol. The molecule has 0 bridgehead atoms. The van der Waals surface area contributed by atoms with Gasteiger partial charge in [-0.25, -0.2) is 0 Å². The van der Waals surface area contributed by atoms with E-state index in [0.717, 1.165) is 39.1 Å². The first-order valence-electron chi connectivity index (χ1n) is 13.5. The van der Waals surface area contributed by atoms with Crippen molar-refractivity contribution in [3.63, 3.8) is 0 Å². The van der Waals surface area contributed by atoms with E-state index in [1.54, 1.807) is 0 Å². The van der Waals surface area contributed by atoms with Gasteiger partial charge < -0.3 is 9.32 Å². The van der Waals surface area contributed by atoms with Crippen molar-refractivity contribution in [2.24, 2.45) is 0 Å². The molecule has 2 heterocycles. The molecule has 3 nitrogen and oxygen atoms in total. The van der Waals surface area contributed by atoms with Gasteiger partial charge in [-0.1, -0.05) is 97.1 Å². The normalized spacial score (nSPS) is 11.5. The Balaban J connectivity index is 1.35. The second-order valence-corrected chi connectivity index (χ2v) is 10.0. The van der Waals surface area contributed by atoms with Gasteiger partial charge in [-0.05, 0) is 75.1 Å². The Morgan fingerprint density at radius 2 is 1.18 bits per heavy atom. The maximum absolute atomic E-state index is 6.44. The third kappa shape index (κ3) is 3.63. The van der Waals surface area contributed by atoms with Gasteiger partial charge in [0.05, 0.1) is 5.69 Å². The fourth-order valence-corrected chi connectivity index (χ4v) is 5.77. The van der Waals surface area contributed by atoms with Crippen LogP contribution in [0.3, 0.4) is 0 Å². The topological polar surface area (TPSA) is 29.3 Å². The predicted octanol–water partition coefficient (Wildman–Crippen LogP) is 10.4. The van der Waals surface area contributed by atoms with Crippen molar-refractivity contribution in [1.82, 2.24) is 4.98 Å². The molecular weight excluding hydrogens is 488 g/mol. The Morgan fingerprint density at radius 1 is 0.500 bits per heavy atom. The molecule has 0 aliphatic rings. The summed E-state index contributed by atoms with van der Waals surface area (Å²) < 4.78 is 6.44. The van der Waals surface area contributed by atoms with Crippen LogP contribution >= 0.6 is 0 Å². The van der Waals surface area contributed by atoms with Gasteiger partial charge in [0.15, 0.2) is 5.58 Å². The number of pyridine rings is 1. The van der Waals surface area contributed by atoms with Gasteiger partial charge in [0.25, 0.3) is 0 Å². The molecule has 0 radical (unpaired) electrons. The summed E-state index contributed by atoms with van der Waals surface area (Å²) in [6, 6.07) is 49.0. The molecule has 0 aliphatic carbocycles. The van der Waals surface area contributed by atoms with Crippen LogP contribution in [0.2, 0.25) is 0 Å². The van der Waals surface area contributed by atoms with E-state index >= 15 is 0 Å². The van der Waals surface area contributed by atoms with Crippen LogP contribution in [-0.4, -0.2) is 4.98 Å². The van der Waals surface area contributed by atoms with Crippen LogP contribution in [0.15, 0.2) is 150 Å². The summed E-state index contributed by atoms with van der Waals surface area (Å²) in [5.41, 5.74) is 7.91. The van der Waals surface area contributed by atoms with Gasteiger partial charge >= 0.3 is 0 Å². The third-order valence-electron chi connectivity index (χ3n) is 7.70. The van der Waals surface area contributed by atoms with E-state index in [2.05, 4.69) is 114 Å². The molecule has 0 fully saturated rings. The summed E-state index contributed by atoms with van der Waals surface area (Å²) in [5.74, 6) is 0. The van der Waals surface area contributed by atoms with Gasteiger partial charge in [-0.3, -0.25) is 4.98 Å². The number of hydrogen-bond donors (Lipinski definition) is 0.